The minimum absolute atomic E-state index is 0.0637. The molecule has 5 heteroatoms. The van der Waals surface area contributed by atoms with E-state index in [0.717, 1.165) is 5.56 Å². The summed E-state index contributed by atoms with van der Waals surface area (Å²) in [6.45, 7) is 1.96. The van der Waals surface area contributed by atoms with E-state index in [2.05, 4.69) is 21.2 Å². The van der Waals surface area contributed by atoms with Gasteiger partial charge < -0.3 is 5.32 Å². The smallest absolute Gasteiger partial charge is 0.148 e. The summed E-state index contributed by atoms with van der Waals surface area (Å²) in [7, 11) is 1.82. The summed E-state index contributed by atoms with van der Waals surface area (Å²) >= 11 is 9.26. The Kier molecular flexibility index (Phi) is 4.78. The minimum atomic E-state index is -0.629. The zero-order valence-corrected chi connectivity index (χ0v) is 13.3. The second-order valence-electron chi connectivity index (χ2n) is 4.46. The Labute approximate surface area is 130 Å². The van der Waals surface area contributed by atoms with E-state index in [1.807, 2.05) is 14.0 Å². The maximum atomic E-state index is 14.1. The van der Waals surface area contributed by atoms with Gasteiger partial charge >= 0.3 is 0 Å². The molecule has 0 aliphatic carbocycles. The Morgan fingerprint density at radius 3 is 2.50 bits per heavy atom. The summed E-state index contributed by atoms with van der Waals surface area (Å²) in [5.74, 6) is -1.24. The van der Waals surface area contributed by atoms with E-state index in [4.69, 9.17) is 11.6 Å². The van der Waals surface area contributed by atoms with Gasteiger partial charge in [0.1, 0.15) is 11.6 Å². The monoisotopic (exact) mass is 359 g/mol. The Bertz CT molecular complexity index is 646. The molecule has 2 aromatic rings. The Hall–Kier alpha value is -0.970. The molecule has 106 valence electrons. The molecule has 20 heavy (non-hydrogen) atoms. The molecule has 0 amide bonds. The Balaban J connectivity index is 2.56. The number of nitrogens with one attached hydrogen (secondary N) is 1. The van der Waals surface area contributed by atoms with E-state index in [1.54, 1.807) is 18.2 Å². The second-order valence-corrected chi connectivity index (χ2v) is 5.73. The third-order valence-electron chi connectivity index (χ3n) is 3.23. The number of hydrogen-bond acceptors (Lipinski definition) is 1. The minimum Gasteiger partial charge on any atom is -0.313 e. The first kappa shape index (κ1) is 15.4. The van der Waals surface area contributed by atoms with Crippen LogP contribution in [0.3, 0.4) is 0 Å². The van der Waals surface area contributed by atoms with Gasteiger partial charge in [-0.05, 0) is 59.2 Å². The molecule has 1 unspecified atom stereocenters. The normalized spacial score (nSPS) is 12.5. The molecule has 0 heterocycles. The van der Waals surface area contributed by atoms with Gasteiger partial charge in [-0.2, -0.15) is 0 Å². The molecule has 1 atom stereocenters. The fraction of sp³-hybridized carbons (Fsp3) is 0.200. The van der Waals surface area contributed by atoms with Gasteiger partial charge in [0.15, 0.2) is 0 Å². The highest BCUT2D eigenvalue weighted by molar-refractivity contribution is 9.10. The molecule has 0 aliphatic rings. The highest BCUT2D eigenvalue weighted by Crippen LogP contribution is 2.34. The van der Waals surface area contributed by atoms with Crippen molar-refractivity contribution in [2.45, 2.75) is 13.0 Å². The fourth-order valence-electron chi connectivity index (χ4n) is 1.98. The molecule has 2 aromatic carbocycles. The molecule has 0 saturated carbocycles. The topological polar surface area (TPSA) is 12.0 Å². The quantitative estimate of drug-likeness (QED) is 0.730. The lowest BCUT2D eigenvalue weighted by molar-refractivity contribution is 0.585. The predicted molar refractivity (Wildman–Crippen MR) is 82.0 cm³/mol. The molecule has 0 fully saturated rings. The van der Waals surface area contributed by atoms with E-state index < -0.39 is 11.6 Å². The van der Waals surface area contributed by atoms with Gasteiger partial charge in [-0.1, -0.05) is 23.7 Å². The van der Waals surface area contributed by atoms with Crippen LogP contribution in [0.15, 0.2) is 34.8 Å². The number of benzene rings is 2. The van der Waals surface area contributed by atoms with Crippen molar-refractivity contribution in [1.82, 2.24) is 5.32 Å². The Morgan fingerprint density at radius 2 is 1.90 bits per heavy atom. The van der Waals surface area contributed by atoms with E-state index in [9.17, 15) is 8.78 Å². The largest absolute Gasteiger partial charge is 0.313 e. The summed E-state index contributed by atoms with van der Waals surface area (Å²) in [5, 5.41) is 3.55. The van der Waals surface area contributed by atoms with Gasteiger partial charge in [0.05, 0.1) is 10.0 Å². The van der Waals surface area contributed by atoms with Crippen molar-refractivity contribution in [1.29, 1.82) is 0 Å². The van der Waals surface area contributed by atoms with Crippen molar-refractivity contribution in [3.63, 3.8) is 0 Å². The molecule has 0 aliphatic heterocycles. The van der Waals surface area contributed by atoms with E-state index in [1.165, 1.54) is 12.1 Å². The van der Waals surface area contributed by atoms with E-state index >= 15 is 0 Å². The first-order chi connectivity index (χ1) is 9.45. The van der Waals surface area contributed by atoms with Crippen molar-refractivity contribution in [3.05, 3.63) is 57.0 Å². The first-order valence-electron chi connectivity index (χ1n) is 6.06. The summed E-state index contributed by atoms with van der Waals surface area (Å²) < 4.78 is 28.1. The average molecular weight is 361 g/mol. The zero-order chi connectivity index (χ0) is 14.9. The maximum absolute atomic E-state index is 14.1. The summed E-state index contributed by atoms with van der Waals surface area (Å²) in [4.78, 5) is 0. The van der Waals surface area contributed by atoms with Crippen molar-refractivity contribution in [2.75, 3.05) is 7.05 Å². The van der Waals surface area contributed by atoms with Gasteiger partial charge in [-0.15, -0.1) is 0 Å². The van der Waals surface area contributed by atoms with Crippen LogP contribution in [0.2, 0.25) is 5.02 Å². The zero-order valence-electron chi connectivity index (χ0n) is 11.0. The highest BCUT2D eigenvalue weighted by Gasteiger charge is 2.16. The van der Waals surface area contributed by atoms with Crippen LogP contribution in [-0.4, -0.2) is 7.05 Å². The summed E-state index contributed by atoms with van der Waals surface area (Å²) in [5.41, 5.74) is 1.22. The van der Waals surface area contributed by atoms with Gasteiger partial charge in [-0.25, -0.2) is 8.78 Å². The number of hydrogen-bond donors (Lipinski definition) is 1. The molecule has 0 bridgehead atoms. The van der Waals surface area contributed by atoms with Crippen molar-refractivity contribution < 1.29 is 8.78 Å². The molecular formula is C15H13BrClF2N. The Morgan fingerprint density at radius 1 is 1.20 bits per heavy atom. The lowest BCUT2D eigenvalue weighted by atomic mass is 10.0. The molecule has 0 spiro atoms. The van der Waals surface area contributed by atoms with E-state index in [0.29, 0.717) is 10.6 Å². The molecule has 0 saturated heterocycles. The van der Waals surface area contributed by atoms with E-state index in [-0.39, 0.29) is 16.1 Å². The lowest BCUT2D eigenvalue weighted by Crippen LogP contribution is -2.12. The summed E-state index contributed by atoms with van der Waals surface area (Å²) in [6.07, 6.45) is 0. The third-order valence-corrected chi connectivity index (χ3v) is 4.17. The van der Waals surface area contributed by atoms with Crippen LogP contribution in [0.25, 0.3) is 11.1 Å². The predicted octanol–water partition coefficient (Wildman–Crippen LogP) is 5.33. The van der Waals surface area contributed by atoms with Crippen LogP contribution in [0.1, 0.15) is 18.5 Å². The van der Waals surface area contributed by atoms with Crippen LogP contribution in [0.5, 0.6) is 0 Å². The van der Waals surface area contributed by atoms with Gasteiger partial charge in [-0.3, -0.25) is 0 Å². The van der Waals surface area contributed by atoms with Gasteiger partial charge in [0, 0.05) is 11.1 Å². The van der Waals surface area contributed by atoms with Crippen molar-refractivity contribution >= 4 is 27.5 Å². The van der Waals surface area contributed by atoms with Crippen LogP contribution >= 0.6 is 27.5 Å². The van der Waals surface area contributed by atoms with Crippen molar-refractivity contribution in [3.8, 4) is 11.1 Å². The fourth-order valence-corrected chi connectivity index (χ4v) is 2.66. The van der Waals surface area contributed by atoms with Crippen LogP contribution in [-0.2, 0) is 0 Å². The third kappa shape index (κ3) is 2.87. The maximum Gasteiger partial charge on any atom is 0.148 e. The first-order valence-corrected chi connectivity index (χ1v) is 7.23. The number of halogens is 4. The lowest BCUT2D eigenvalue weighted by Gasteiger charge is -2.14. The molecule has 0 aromatic heterocycles. The van der Waals surface area contributed by atoms with Gasteiger partial charge in [0.2, 0.25) is 0 Å². The van der Waals surface area contributed by atoms with Crippen LogP contribution in [0, 0.1) is 11.6 Å². The van der Waals surface area contributed by atoms with Gasteiger partial charge in [0.25, 0.3) is 0 Å². The average Bonchev–Trinajstić information content (AvgIpc) is 2.43. The second kappa shape index (κ2) is 6.20. The van der Waals surface area contributed by atoms with Crippen LogP contribution in [0.4, 0.5) is 8.78 Å². The SMILES string of the molecule is CNC(C)c1ccc(-c2c(F)ccc(Br)c2F)cc1Cl. The highest BCUT2D eigenvalue weighted by atomic mass is 79.9. The molecule has 0 radical (unpaired) electrons. The molecule has 1 N–H and O–H groups in total. The van der Waals surface area contributed by atoms with Crippen LogP contribution < -0.4 is 5.32 Å². The molecule has 2 rings (SSSR count). The molecule has 1 nitrogen and oxygen atoms in total. The molecular weight excluding hydrogens is 348 g/mol. The number of rotatable bonds is 3. The van der Waals surface area contributed by atoms with Crippen molar-refractivity contribution in [2.24, 2.45) is 0 Å². The standard InChI is InChI=1S/C15H13BrClF2N/c1-8(20-2)10-4-3-9(7-12(10)17)14-13(18)6-5-11(16)15(14)19/h3-8,20H,1-2H3. The summed E-state index contributed by atoms with van der Waals surface area (Å²) in [6, 6.07) is 7.65.